The van der Waals surface area contributed by atoms with E-state index in [1.54, 1.807) is 25.7 Å². The van der Waals surface area contributed by atoms with E-state index in [2.05, 4.69) is 15.2 Å². The average Bonchev–Trinajstić information content (AvgIpc) is 3.30. The summed E-state index contributed by atoms with van der Waals surface area (Å²) in [5.41, 5.74) is 3.79. The van der Waals surface area contributed by atoms with Crippen molar-refractivity contribution in [1.82, 2.24) is 20.1 Å². The van der Waals surface area contributed by atoms with Crippen LogP contribution in [0.5, 0.6) is 5.75 Å². The molecule has 3 aromatic rings. The van der Waals surface area contributed by atoms with Crippen LogP contribution in [-0.2, 0) is 27.2 Å². The fraction of sp³-hybridized carbons (Fsp3) is 0.464. The van der Waals surface area contributed by atoms with Crippen LogP contribution in [0.4, 0.5) is 23.9 Å². The lowest BCUT2D eigenvalue weighted by Crippen LogP contribution is -2.42. The third-order valence-corrected chi connectivity index (χ3v) is 9.10. The van der Waals surface area contributed by atoms with Crippen molar-refractivity contribution in [2.75, 3.05) is 31.7 Å². The van der Waals surface area contributed by atoms with Crippen molar-refractivity contribution < 1.29 is 35.9 Å². The molecule has 0 aliphatic carbocycles. The molecule has 3 N–H and O–H groups in total. The topological polar surface area (TPSA) is 140 Å². The highest BCUT2D eigenvalue weighted by atomic mass is 35.5. The number of sulfone groups is 1. The highest BCUT2D eigenvalue weighted by molar-refractivity contribution is 7.91. The fourth-order valence-corrected chi connectivity index (χ4v) is 7.16. The molecule has 0 unspecified atom stereocenters. The highest BCUT2D eigenvalue weighted by Crippen LogP contribution is 2.44. The first-order valence-corrected chi connectivity index (χ1v) is 15.5. The second-order valence-corrected chi connectivity index (χ2v) is 13.8. The molecule has 1 aliphatic heterocycles. The van der Waals surface area contributed by atoms with E-state index >= 15 is 0 Å². The number of halogens is 4. The van der Waals surface area contributed by atoms with Gasteiger partial charge in [-0.3, -0.25) is 5.10 Å². The van der Waals surface area contributed by atoms with Gasteiger partial charge in [-0.05, 0) is 74.9 Å². The van der Waals surface area contributed by atoms with Crippen molar-refractivity contribution in [1.29, 1.82) is 0 Å². The Hall–Kier alpha value is -3.52. The molecule has 2 aromatic carbocycles. The Labute approximate surface area is 252 Å². The van der Waals surface area contributed by atoms with Crippen LogP contribution in [0.1, 0.15) is 50.6 Å². The minimum Gasteiger partial charge on any atom is -0.495 e. The quantitative estimate of drug-likeness (QED) is 0.332. The summed E-state index contributed by atoms with van der Waals surface area (Å²) in [6.45, 7) is 6.01. The predicted octanol–water partition coefficient (Wildman–Crippen LogP) is 5.75. The number of methoxy groups -OCH3 is 1. The van der Waals surface area contributed by atoms with Crippen molar-refractivity contribution in [3.05, 3.63) is 52.3 Å². The number of hydrogen-bond acceptors (Lipinski definition) is 8. The van der Waals surface area contributed by atoms with Gasteiger partial charge < -0.3 is 20.1 Å². The number of rotatable bonds is 7. The second-order valence-electron chi connectivity index (χ2n) is 11.4. The fourth-order valence-electron chi connectivity index (χ4n) is 4.95. The minimum absolute atomic E-state index is 0.0233. The molecule has 1 fully saturated rings. The van der Waals surface area contributed by atoms with Crippen molar-refractivity contribution in [2.45, 2.75) is 56.7 Å². The molecule has 0 saturated carbocycles. The molecule has 43 heavy (non-hydrogen) atoms. The summed E-state index contributed by atoms with van der Waals surface area (Å²) in [4.78, 5) is 17.7. The molecule has 10 nitrogen and oxygen atoms in total. The van der Waals surface area contributed by atoms with Gasteiger partial charge in [0.25, 0.3) is 0 Å². The van der Waals surface area contributed by atoms with Crippen LogP contribution in [0, 0.1) is 5.92 Å². The number of amides is 1. The molecule has 15 heteroatoms. The molecule has 2 heterocycles. The zero-order valence-electron chi connectivity index (χ0n) is 24.1. The van der Waals surface area contributed by atoms with Gasteiger partial charge in [-0.1, -0.05) is 17.7 Å². The van der Waals surface area contributed by atoms with Gasteiger partial charge in [-0.2, -0.15) is 18.2 Å². The smallest absolute Gasteiger partial charge is 0.417 e. The Bertz CT molecular complexity index is 1600. The van der Waals surface area contributed by atoms with Crippen molar-refractivity contribution in [3.63, 3.8) is 0 Å². The molecule has 1 saturated heterocycles. The average molecular weight is 644 g/mol. The van der Waals surface area contributed by atoms with E-state index < -0.39 is 33.3 Å². The minimum atomic E-state index is -4.78. The zero-order chi connectivity index (χ0) is 31.7. The number of aromatic amines is 1. The number of piperidine rings is 1. The first-order chi connectivity index (χ1) is 20.0. The normalized spacial score (nSPS) is 15.0. The highest BCUT2D eigenvalue weighted by Gasteiger charge is 2.36. The first-order valence-electron chi connectivity index (χ1n) is 13.4. The standard InChI is InChI=1S/C28H33ClF3N5O5S/c1-27(2,3)42-26(38)37-9-7-16(8-10-37)15-43(39,40)22-6-5-18(14-21(22)41-4)24-19(28(30,31)32)11-17(12-20(24)29)13-23-34-25(33)36-35-23/h5-6,11-12,14,16H,7-10,13,15H2,1-4H3,(H3,33,34,35,36). The van der Waals surface area contributed by atoms with Crippen molar-refractivity contribution >= 4 is 33.5 Å². The third-order valence-electron chi connectivity index (χ3n) is 6.88. The molecule has 0 atom stereocenters. The molecule has 1 aromatic heterocycles. The predicted molar refractivity (Wildman–Crippen MR) is 155 cm³/mol. The molecular weight excluding hydrogens is 611 g/mol. The monoisotopic (exact) mass is 643 g/mol. The van der Waals surface area contributed by atoms with Crippen LogP contribution < -0.4 is 10.5 Å². The number of hydrogen-bond donors (Lipinski definition) is 2. The number of likely N-dealkylation sites (tertiary alicyclic amines) is 1. The van der Waals surface area contributed by atoms with Gasteiger partial charge >= 0.3 is 12.3 Å². The van der Waals surface area contributed by atoms with Gasteiger partial charge in [0.2, 0.25) is 5.95 Å². The summed E-state index contributed by atoms with van der Waals surface area (Å²) < 4.78 is 80.3. The van der Waals surface area contributed by atoms with E-state index in [0.29, 0.717) is 25.9 Å². The third kappa shape index (κ3) is 7.91. The Morgan fingerprint density at radius 1 is 1.16 bits per heavy atom. The number of carbonyl (C=O) groups excluding carboxylic acids is 1. The van der Waals surface area contributed by atoms with Gasteiger partial charge in [0.05, 0.1) is 18.4 Å². The zero-order valence-corrected chi connectivity index (χ0v) is 25.7. The lowest BCUT2D eigenvalue weighted by molar-refractivity contribution is -0.137. The number of anilines is 1. The summed E-state index contributed by atoms with van der Waals surface area (Å²) >= 11 is 6.40. The molecular formula is C28H33ClF3N5O5S. The summed E-state index contributed by atoms with van der Waals surface area (Å²) in [6, 6.07) is 6.10. The van der Waals surface area contributed by atoms with E-state index in [1.165, 1.54) is 31.4 Å². The van der Waals surface area contributed by atoms with E-state index in [0.717, 1.165) is 6.07 Å². The molecule has 0 bridgehead atoms. The molecule has 1 amide bonds. The van der Waals surface area contributed by atoms with E-state index in [9.17, 15) is 26.4 Å². The Kier molecular flexibility index (Phi) is 9.21. The molecule has 0 spiro atoms. The number of aromatic nitrogens is 3. The largest absolute Gasteiger partial charge is 0.495 e. The van der Waals surface area contributed by atoms with E-state index in [-0.39, 0.29) is 62.2 Å². The van der Waals surface area contributed by atoms with Crippen LogP contribution in [0.2, 0.25) is 5.02 Å². The Morgan fingerprint density at radius 3 is 2.40 bits per heavy atom. The van der Waals surface area contributed by atoms with Gasteiger partial charge in [0.15, 0.2) is 9.84 Å². The van der Waals surface area contributed by atoms with Crippen LogP contribution in [0.25, 0.3) is 11.1 Å². The van der Waals surface area contributed by atoms with Gasteiger partial charge in [0.1, 0.15) is 22.1 Å². The molecule has 1 aliphatic rings. The summed E-state index contributed by atoms with van der Waals surface area (Å²) in [5, 5.41) is 6.04. The number of nitrogens with zero attached hydrogens (tertiary/aromatic N) is 3. The maximum absolute atomic E-state index is 14.2. The maximum Gasteiger partial charge on any atom is 0.417 e. The van der Waals surface area contributed by atoms with Crippen LogP contribution in [-0.4, -0.2) is 66.1 Å². The van der Waals surface area contributed by atoms with Crippen LogP contribution in [0.3, 0.4) is 0 Å². The number of nitrogens with two attached hydrogens (primary N) is 1. The number of ether oxygens (including phenoxy) is 2. The van der Waals surface area contributed by atoms with Gasteiger partial charge in [0, 0.05) is 30.1 Å². The van der Waals surface area contributed by atoms with Crippen LogP contribution in [0.15, 0.2) is 35.2 Å². The van der Waals surface area contributed by atoms with Crippen LogP contribution >= 0.6 is 11.6 Å². The van der Waals surface area contributed by atoms with Gasteiger partial charge in [-0.15, -0.1) is 5.10 Å². The summed E-state index contributed by atoms with van der Waals surface area (Å²) in [5.74, 6) is -0.315. The first kappa shape index (κ1) is 32.4. The number of nitrogen functional groups attached to an aromatic ring is 1. The number of nitrogens with one attached hydrogen (secondary N) is 1. The Balaban J connectivity index is 1.58. The van der Waals surface area contributed by atoms with Crippen molar-refractivity contribution in [2.24, 2.45) is 5.92 Å². The van der Waals surface area contributed by atoms with Crippen molar-refractivity contribution in [3.8, 4) is 16.9 Å². The molecule has 4 rings (SSSR count). The van der Waals surface area contributed by atoms with E-state index in [4.69, 9.17) is 26.8 Å². The molecule has 0 radical (unpaired) electrons. The lowest BCUT2D eigenvalue weighted by atomic mass is 9.95. The van der Waals surface area contributed by atoms with Gasteiger partial charge in [-0.25, -0.2) is 13.2 Å². The number of alkyl halides is 3. The Morgan fingerprint density at radius 2 is 1.84 bits per heavy atom. The number of H-pyrrole nitrogens is 1. The SMILES string of the molecule is COc1cc(-c2c(Cl)cc(Cc3nc(N)n[nH]3)cc2C(F)(F)F)ccc1S(=O)(=O)CC1CCN(C(=O)OC(C)(C)C)CC1. The number of carbonyl (C=O) groups is 1. The lowest BCUT2D eigenvalue weighted by Gasteiger charge is -2.33. The van der Waals surface area contributed by atoms with E-state index in [1.807, 2.05) is 0 Å². The summed E-state index contributed by atoms with van der Waals surface area (Å²) in [7, 11) is -2.65. The second kappa shape index (κ2) is 12.2. The maximum atomic E-state index is 14.2. The summed E-state index contributed by atoms with van der Waals surface area (Å²) in [6.07, 6.45) is -4.34. The number of benzene rings is 2. The molecule has 234 valence electrons.